The van der Waals surface area contributed by atoms with Crippen LogP contribution in [0.2, 0.25) is 5.02 Å². The zero-order valence-electron chi connectivity index (χ0n) is 6.60. The van der Waals surface area contributed by atoms with Gasteiger partial charge in [-0.05, 0) is 30.5 Å². The zero-order valence-corrected chi connectivity index (χ0v) is 7.35. The molecule has 0 spiro atoms. The Bertz CT molecular complexity index is 361. The topological polar surface area (TPSA) is 17.1 Å². The summed E-state index contributed by atoms with van der Waals surface area (Å²) in [5, 5.41) is 0.566. The van der Waals surface area contributed by atoms with Crippen LogP contribution in [-0.2, 0) is 0 Å². The maximum Gasteiger partial charge on any atom is 0.235 e. The maximum atomic E-state index is 11.0. The van der Waals surface area contributed by atoms with Crippen LogP contribution < -0.4 is 0 Å². The highest BCUT2D eigenvalue weighted by Crippen LogP contribution is 2.16. The number of carbonyl (C=O) groups excluding carboxylic acids is 1. The van der Waals surface area contributed by atoms with Gasteiger partial charge >= 0.3 is 0 Å². The molecule has 1 nitrogen and oxygen atoms in total. The summed E-state index contributed by atoms with van der Waals surface area (Å²) in [5.41, 5.74) is 1.40. The van der Waals surface area contributed by atoms with Crippen molar-refractivity contribution < 1.29 is 4.79 Å². The van der Waals surface area contributed by atoms with Crippen molar-refractivity contribution in [2.24, 2.45) is 0 Å². The Morgan fingerprint density at radius 1 is 1.58 bits per heavy atom. The molecule has 0 saturated heterocycles. The van der Waals surface area contributed by atoms with Crippen LogP contribution in [0.4, 0.5) is 0 Å². The van der Waals surface area contributed by atoms with E-state index >= 15 is 0 Å². The number of hydrogen-bond acceptors (Lipinski definition) is 1. The number of rotatable bonds is 1. The first-order valence-electron chi connectivity index (χ1n) is 3.42. The van der Waals surface area contributed by atoms with Crippen molar-refractivity contribution >= 4 is 17.4 Å². The van der Waals surface area contributed by atoms with Gasteiger partial charge in [-0.1, -0.05) is 17.7 Å². The van der Waals surface area contributed by atoms with Crippen LogP contribution in [0.5, 0.6) is 0 Å². The Hall–Kier alpha value is -1.26. The summed E-state index contributed by atoms with van der Waals surface area (Å²) in [6.07, 6.45) is 4.95. The number of terminal acetylenes is 1. The lowest BCUT2D eigenvalue weighted by atomic mass is 10.1. The van der Waals surface area contributed by atoms with Crippen molar-refractivity contribution in [3.8, 4) is 12.3 Å². The molecule has 0 aromatic heterocycles. The Morgan fingerprint density at radius 2 is 2.25 bits per heavy atom. The van der Waals surface area contributed by atoms with Crippen molar-refractivity contribution in [3.05, 3.63) is 34.3 Å². The number of aryl methyl sites for hydroxylation is 1. The van der Waals surface area contributed by atoms with Crippen LogP contribution in [-0.4, -0.2) is 5.78 Å². The molecule has 0 bridgehead atoms. The first-order valence-corrected chi connectivity index (χ1v) is 3.80. The molecule has 1 rings (SSSR count). The predicted octanol–water partition coefficient (Wildman–Crippen LogP) is 2.46. The van der Waals surface area contributed by atoms with Gasteiger partial charge in [0.05, 0.1) is 0 Å². The highest BCUT2D eigenvalue weighted by molar-refractivity contribution is 6.31. The molecule has 0 heterocycles. The van der Waals surface area contributed by atoms with Gasteiger partial charge in [0.15, 0.2) is 0 Å². The fraction of sp³-hybridized carbons (Fsp3) is 0.100. The van der Waals surface area contributed by atoms with E-state index in [4.69, 9.17) is 18.0 Å². The summed E-state index contributed by atoms with van der Waals surface area (Å²) in [6, 6.07) is 5.02. The van der Waals surface area contributed by atoms with Gasteiger partial charge in [0, 0.05) is 10.6 Å². The predicted molar refractivity (Wildman–Crippen MR) is 49.4 cm³/mol. The van der Waals surface area contributed by atoms with Crippen LogP contribution in [0.25, 0.3) is 0 Å². The first-order chi connectivity index (χ1) is 5.65. The number of halogens is 1. The van der Waals surface area contributed by atoms with E-state index in [1.165, 1.54) is 0 Å². The minimum atomic E-state index is -0.336. The Kier molecular flexibility index (Phi) is 2.52. The van der Waals surface area contributed by atoms with Gasteiger partial charge in [0.25, 0.3) is 0 Å². The zero-order chi connectivity index (χ0) is 9.14. The second-order valence-electron chi connectivity index (χ2n) is 2.44. The normalized spacial score (nSPS) is 9.08. The fourth-order valence-electron chi connectivity index (χ4n) is 0.817. The monoisotopic (exact) mass is 178 g/mol. The molecule has 0 radical (unpaired) electrons. The lowest BCUT2D eigenvalue weighted by molar-refractivity contribution is 0.105. The SMILES string of the molecule is C#CC(=O)c1ccc(C)c(Cl)c1. The molecule has 0 unspecified atom stereocenters. The van der Waals surface area contributed by atoms with E-state index in [2.05, 4.69) is 0 Å². The molecule has 0 aliphatic rings. The lowest BCUT2D eigenvalue weighted by Gasteiger charge is -1.98. The summed E-state index contributed by atoms with van der Waals surface area (Å²) >= 11 is 5.79. The molecule has 60 valence electrons. The Morgan fingerprint density at radius 3 is 2.75 bits per heavy atom. The number of hydrogen-bond donors (Lipinski definition) is 0. The van der Waals surface area contributed by atoms with Gasteiger partial charge in [0.2, 0.25) is 5.78 Å². The summed E-state index contributed by atoms with van der Waals surface area (Å²) in [7, 11) is 0. The van der Waals surface area contributed by atoms with Crippen molar-refractivity contribution in [1.82, 2.24) is 0 Å². The van der Waals surface area contributed by atoms with Crippen LogP contribution >= 0.6 is 11.6 Å². The van der Waals surface area contributed by atoms with E-state index in [0.29, 0.717) is 10.6 Å². The molecule has 0 fully saturated rings. The average molecular weight is 179 g/mol. The smallest absolute Gasteiger partial charge is 0.235 e. The molecule has 0 saturated carbocycles. The number of ketones is 1. The van der Waals surface area contributed by atoms with Crippen LogP contribution in [0.15, 0.2) is 18.2 Å². The van der Waals surface area contributed by atoms with Gasteiger partial charge in [-0.2, -0.15) is 0 Å². The maximum absolute atomic E-state index is 11.0. The van der Waals surface area contributed by atoms with E-state index in [1.807, 2.05) is 12.8 Å². The Labute approximate surface area is 76.4 Å². The molecule has 0 amide bonds. The first kappa shape index (κ1) is 8.83. The molecule has 0 aliphatic heterocycles. The van der Waals surface area contributed by atoms with Gasteiger partial charge in [0.1, 0.15) is 0 Å². The minimum absolute atomic E-state index is 0.336. The lowest BCUT2D eigenvalue weighted by Crippen LogP contribution is -1.94. The van der Waals surface area contributed by atoms with Gasteiger partial charge < -0.3 is 0 Å². The van der Waals surface area contributed by atoms with Gasteiger partial charge in [-0.15, -0.1) is 6.42 Å². The highest BCUT2D eigenvalue weighted by Gasteiger charge is 2.03. The van der Waals surface area contributed by atoms with E-state index in [1.54, 1.807) is 18.2 Å². The summed E-state index contributed by atoms with van der Waals surface area (Å²) < 4.78 is 0. The summed E-state index contributed by atoms with van der Waals surface area (Å²) in [4.78, 5) is 11.0. The second kappa shape index (κ2) is 3.42. The van der Waals surface area contributed by atoms with Crippen molar-refractivity contribution in [3.63, 3.8) is 0 Å². The Balaban J connectivity index is 3.15. The molecule has 1 aromatic rings. The van der Waals surface area contributed by atoms with Gasteiger partial charge in [-0.3, -0.25) is 4.79 Å². The van der Waals surface area contributed by atoms with Crippen molar-refractivity contribution in [2.75, 3.05) is 0 Å². The van der Waals surface area contributed by atoms with Crippen molar-refractivity contribution in [2.45, 2.75) is 6.92 Å². The van der Waals surface area contributed by atoms with Crippen LogP contribution in [0.3, 0.4) is 0 Å². The van der Waals surface area contributed by atoms with Gasteiger partial charge in [-0.25, -0.2) is 0 Å². The highest BCUT2D eigenvalue weighted by atomic mass is 35.5. The second-order valence-corrected chi connectivity index (χ2v) is 2.84. The number of carbonyl (C=O) groups is 1. The third kappa shape index (κ3) is 1.66. The average Bonchev–Trinajstić information content (AvgIpc) is 2.08. The van der Waals surface area contributed by atoms with Crippen LogP contribution in [0.1, 0.15) is 15.9 Å². The molecule has 0 aliphatic carbocycles. The molecule has 1 aromatic carbocycles. The molecule has 12 heavy (non-hydrogen) atoms. The third-order valence-corrected chi connectivity index (χ3v) is 1.97. The molecule has 2 heteroatoms. The van der Waals surface area contributed by atoms with E-state index in [9.17, 15) is 4.79 Å². The largest absolute Gasteiger partial charge is 0.279 e. The molecule has 0 N–H and O–H groups in total. The number of Topliss-reactive ketones (excluding diaryl/α,β-unsaturated/α-hetero) is 1. The molecular formula is C10H7ClO. The molecular weight excluding hydrogens is 172 g/mol. The quantitative estimate of drug-likeness (QED) is 0.367. The summed E-state index contributed by atoms with van der Waals surface area (Å²) in [6.45, 7) is 1.87. The fourth-order valence-corrected chi connectivity index (χ4v) is 0.998. The molecule has 0 atom stereocenters. The van der Waals surface area contributed by atoms with E-state index in [-0.39, 0.29) is 5.78 Å². The third-order valence-electron chi connectivity index (χ3n) is 1.57. The minimum Gasteiger partial charge on any atom is -0.279 e. The standard InChI is InChI=1S/C10H7ClO/c1-3-10(12)8-5-4-7(2)9(11)6-8/h1,4-6H,2H3. The summed E-state index contributed by atoms with van der Waals surface area (Å²) in [5.74, 6) is 1.69. The van der Waals surface area contributed by atoms with E-state index < -0.39 is 0 Å². The van der Waals surface area contributed by atoms with E-state index in [0.717, 1.165) is 5.56 Å². The number of benzene rings is 1. The van der Waals surface area contributed by atoms with Crippen LogP contribution in [0, 0.1) is 19.3 Å². The van der Waals surface area contributed by atoms with Crippen molar-refractivity contribution in [1.29, 1.82) is 0 Å².